The highest BCUT2D eigenvalue weighted by Crippen LogP contribution is 2.36. The molecule has 3 nitrogen and oxygen atoms in total. The summed E-state index contributed by atoms with van der Waals surface area (Å²) in [6, 6.07) is 17.0. The quantitative estimate of drug-likeness (QED) is 0.729. The highest BCUT2D eigenvalue weighted by Gasteiger charge is 2.33. The Morgan fingerprint density at radius 3 is 2.12 bits per heavy atom. The van der Waals surface area contributed by atoms with Crippen molar-refractivity contribution >= 4 is 23.3 Å². The number of hydrogen-bond acceptors (Lipinski definition) is 4. The van der Waals surface area contributed by atoms with Crippen LogP contribution in [0.3, 0.4) is 0 Å². The number of fused-ring (bicyclic) bond motifs is 1. The highest BCUT2D eigenvalue weighted by molar-refractivity contribution is 8.04. The second-order valence-corrected chi connectivity index (χ2v) is 7.45. The Morgan fingerprint density at radius 2 is 1.50 bits per heavy atom. The number of allylic oxidation sites excluding steroid dienone is 2. The van der Waals surface area contributed by atoms with Crippen molar-refractivity contribution in [3.05, 3.63) is 76.3 Å². The van der Waals surface area contributed by atoms with E-state index in [1.165, 1.54) is 11.8 Å². The number of ketones is 2. The van der Waals surface area contributed by atoms with Gasteiger partial charge in [-0.05, 0) is 25.0 Å². The van der Waals surface area contributed by atoms with E-state index in [1.54, 1.807) is 24.3 Å². The molecule has 0 fully saturated rings. The average molecular weight is 365 g/mol. The molecule has 134 valence electrons. The Kier molecular flexibility index (Phi) is 5.94. The lowest BCUT2D eigenvalue weighted by Crippen LogP contribution is -2.36. The lowest BCUT2D eigenvalue weighted by molar-refractivity contribution is 0.0973. The van der Waals surface area contributed by atoms with Gasteiger partial charge in [-0.2, -0.15) is 0 Å². The smallest absolute Gasteiger partial charge is 0.210 e. The lowest BCUT2D eigenvalue weighted by Gasteiger charge is -2.25. The minimum atomic E-state index is -0.0896. The van der Waals surface area contributed by atoms with Crippen LogP contribution in [0.25, 0.3) is 0 Å². The zero-order valence-corrected chi connectivity index (χ0v) is 15.9. The Labute approximate surface area is 158 Å². The minimum absolute atomic E-state index is 0.0806. The summed E-state index contributed by atoms with van der Waals surface area (Å²) in [6.45, 7) is 4.22. The molecule has 2 aromatic carbocycles. The third-order valence-corrected chi connectivity index (χ3v) is 5.62. The first kappa shape index (κ1) is 18.5. The van der Waals surface area contributed by atoms with Gasteiger partial charge in [-0.25, -0.2) is 0 Å². The van der Waals surface area contributed by atoms with Gasteiger partial charge in [0.1, 0.15) is 5.70 Å². The van der Waals surface area contributed by atoms with Crippen LogP contribution >= 0.6 is 11.8 Å². The van der Waals surface area contributed by atoms with Crippen molar-refractivity contribution in [2.24, 2.45) is 0 Å². The molecule has 1 unspecified atom stereocenters. The van der Waals surface area contributed by atoms with Crippen molar-refractivity contribution in [3.63, 3.8) is 0 Å². The van der Waals surface area contributed by atoms with Gasteiger partial charge in [0, 0.05) is 22.1 Å². The van der Waals surface area contributed by atoms with Gasteiger partial charge in [0.05, 0.1) is 4.91 Å². The number of carbonyl (C=O) groups excluding carboxylic acids is 2. The molecule has 1 aliphatic carbocycles. The summed E-state index contributed by atoms with van der Waals surface area (Å²) < 4.78 is 0. The van der Waals surface area contributed by atoms with Crippen LogP contribution in [-0.2, 0) is 0 Å². The van der Waals surface area contributed by atoms with Gasteiger partial charge in [0.2, 0.25) is 11.6 Å². The number of nitrogens with one attached hydrogen (secondary N) is 1. The molecule has 1 atom stereocenters. The molecule has 0 aromatic heterocycles. The first-order valence-corrected chi connectivity index (χ1v) is 9.89. The third-order valence-electron chi connectivity index (χ3n) is 4.52. The normalized spacial score (nSPS) is 15.0. The summed E-state index contributed by atoms with van der Waals surface area (Å²) in [5, 5.41) is 3.39. The minimum Gasteiger partial charge on any atom is -0.378 e. The third kappa shape index (κ3) is 3.75. The maximum atomic E-state index is 13.1. The number of benzene rings is 2. The van der Waals surface area contributed by atoms with Gasteiger partial charge in [-0.15, -0.1) is 0 Å². The molecule has 0 bridgehead atoms. The average Bonchev–Trinajstić information content (AvgIpc) is 2.68. The molecular weight excluding hydrogens is 342 g/mol. The zero-order chi connectivity index (χ0) is 18.5. The van der Waals surface area contributed by atoms with Crippen LogP contribution in [0.5, 0.6) is 0 Å². The lowest BCUT2D eigenvalue weighted by atomic mass is 9.92. The number of carbonyl (C=O) groups is 2. The van der Waals surface area contributed by atoms with E-state index in [0.29, 0.717) is 21.7 Å². The van der Waals surface area contributed by atoms with E-state index in [2.05, 4.69) is 19.2 Å². The maximum Gasteiger partial charge on any atom is 0.210 e. The molecule has 0 aliphatic heterocycles. The van der Waals surface area contributed by atoms with E-state index in [-0.39, 0.29) is 17.6 Å². The molecule has 0 spiro atoms. The Balaban J connectivity index is 2.05. The SMILES string of the molecule is CCCC(CC)NC1=C(Sc2ccccc2)C(=O)c2ccccc2C1=O. The van der Waals surface area contributed by atoms with Crippen LogP contribution in [0.2, 0.25) is 0 Å². The molecule has 4 heteroatoms. The Hall–Kier alpha value is -2.33. The van der Waals surface area contributed by atoms with E-state index in [1.807, 2.05) is 30.3 Å². The van der Waals surface area contributed by atoms with Gasteiger partial charge in [-0.1, -0.05) is 74.5 Å². The van der Waals surface area contributed by atoms with Crippen molar-refractivity contribution in [1.82, 2.24) is 5.32 Å². The molecule has 0 amide bonds. The number of thioether (sulfide) groups is 1. The van der Waals surface area contributed by atoms with Crippen LogP contribution < -0.4 is 5.32 Å². The number of Topliss-reactive ketones (excluding diaryl/α,β-unsaturated/α-hetero) is 2. The predicted molar refractivity (Wildman–Crippen MR) is 107 cm³/mol. The second kappa shape index (κ2) is 8.37. The van der Waals surface area contributed by atoms with Crippen molar-refractivity contribution in [1.29, 1.82) is 0 Å². The van der Waals surface area contributed by atoms with E-state index in [4.69, 9.17) is 0 Å². The zero-order valence-electron chi connectivity index (χ0n) is 15.1. The summed E-state index contributed by atoms with van der Waals surface area (Å²) in [5.74, 6) is -0.170. The van der Waals surface area contributed by atoms with Crippen LogP contribution in [0.4, 0.5) is 0 Å². The van der Waals surface area contributed by atoms with Crippen LogP contribution in [-0.4, -0.2) is 17.6 Å². The van der Waals surface area contributed by atoms with Crippen molar-refractivity contribution in [3.8, 4) is 0 Å². The van der Waals surface area contributed by atoms with E-state index >= 15 is 0 Å². The molecule has 0 saturated carbocycles. The van der Waals surface area contributed by atoms with Gasteiger partial charge in [0.15, 0.2) is 0 Å². The van der Waals surface area contributed by atoms with Gasteiger partial charge in [0.25, 0.3) is 0 Å². The van der Waals surface area contributed by atoms with Crippen LogP contribution in [0.15, 0.2) is 70.1 Å². The maximum absolute atomic E-state index is 13.1. The van der Waals surface area contributed by atoms with E-state index in [0.717, 1.165) is 24.2 Å². The van der Waals surface area contributed by atoms with E-state index < -0.39 is 0 Å². The first-order chi connectivity index (χ1) is 12.7. The fourth-order valence-electron chi connectivity index (χ4n) is 3.12. The van der Waals surface area contributed by atoms with Gasteiger partial charge < -0.3 is 5.32 Å². The molecule has 0 saturated heterocycles. The highest BCUT2D eigenvalue weighted by atomic mass is 32.2. The molecule has 26 heavy (non-hydrogen) atoms. The summed E-state index contributed by atoms with van der Waals surface area (Å²) in [5.41, 5.74) is 1.43. The van der Waals surface area contributed by atoms with E-state index in [9.17, 15) is 9.59 Å². The molecule has 1 aliphatic rings. The number of hydrogen-bond donors (Lipinski definition) is 1. The van der Waals surface area contributed by atoms with Crippen molar-refractivity contribution in [2.45, 2.75) is 44.0 Å². The molecule has 1 N–H and O–H groups in total. The topological polar surface area (TPSA) is 46.2 Å². The number of rotatable bonds is 7. The molecule has 2 aromatic rings. The van der Waals surface area contributed by atoms with Gasteiger partial charge >= 0.3 is 0 Å². The summed E-state index contributed by atoms with van der Waals surface area (Å²) in [7, 11) is 0. The molecule has 0 radical (unpaired) electrons. The largest absolute Gasteiger partial charge is 0.378 e. The summed E-state index contributed by atoms with van der Waals surface area (Å²) in [6.07, 6.45) is 2.90. The fraction of sp³-hybridized carbons (Fsp3) is 0.273. The molecule has 0 heterocycles. The van der Waals surface area contributed by atoms with Gasteiger partial charge in [-0.3, -0.25) is 9.59 Å². The van der Waals surface area contributed by atoms with Crippen LogP contribution in [0, 0.1) is 0 Å². The predicted octanol–water partition coefficient (Wildman–Crippen LogP) is 5.24. The molecular formula is C22H23NO2S. The molecule has 3 rings (SSSR count). The second-order valence-electron chi connectivity index (χ2n) is 6.36. The Morgan fingerprint density at radius 1 is 0.885 bits per heavy atom. The summed E-state index contributed by atoms with van der Waals surface area (Å²) >= 11 is 1.37. The summed E-state index contributed by atoms with van der Waals surface area (Å²) in [4.78, 5) is 27.7. The monoisotopic (exact) mass is 365 g/mol. The fourth-order valence-corrected chi connectivity index (χ4v) is 4.10. The van der Waals surface area contributed by atoms with Crippen LogP contribution in [0.1, 0.15) is 53.8 Å². The Bertz CT molecular complexity index is 842. The van der Waals surface area contributed by atoms with Crippen molar-refractivity contribution in [2.75, 3.05) is 0 Å². The van der Waals surface area contributed by atoms with Crippen molar-refractivity contribution < 1.29 is 9.59 Å². The standard InChI is InChI=1S/C22H23NO2S/c1-3-10-15(4-2)23-19-20(24)17-13-8-9-14-18(17)21(25)22(19)26-16-11-6-5-7-12-16/h5-9,11-15,23H,3-4,10H2,1-2H3. The first-order valence-electron chi connectivity index (χ1n) is 9.07.